The standard InChI is InChI=1S/C20H23NO4/c1-4-25-20(23)17-6-5-7-18(14(17)2)21-19(22)13-10-15-8-11-16(24-3)12-9-15/h5-9,11-12H,4,10,13H2,1-3H3,(H,21,22). The second-order valence-electron chi connectivity index (χ2n) is 5.59. The van der Waals surface area contributed by atoms with E-state index < -0.39 is 0 Å². The Morgan fingerprint density at radius 2 is 1.80 bits per heavy atom. The quantitative estimate of drug-likeness (QED) is 0.779. The Hall–Kier alpha value is -2.82. The van der Waals surface area contributed by atoms with Crippen molar-refractivity contribution in [3.8, 4) is 5.75 Å². The predicted octanol–water partition coefficient (Wildman–Crippen LogP) is 3.75. The Morgan fingerprint density at radius 1 is 1.08 bits per heavy atom. The van der Waals surface area contributed by atoms with Gasteiger partial charge < -0.3 is 14.8 Å². The van der Waals surface area contributed by atoms with Crippen LogP contribution in [0.15, 0.2) is 42.5 Å². The molecule has 0 saturated carbocycles. The van der Waals surface area contributed by atoms with Gasteiger partial charge in [-0.05, 0) is 55.7 Å². The third kappa shape index (κ3) is 5.08. The van der Waals surface area contributed by atoms with Crippen LogP contribution >= 0.6 is 0 Å². The molecule has 1 N–H and O–H groups in total. The number of methoxy groups -OCH3 is 1. The van der Waals surface area contributed by atoms with Crippen LogP contribution in [-0.4, -0.2) is 25.6 Å². The Kier molecular flexibility index (Phi) is 6.57. The van der Waals surface area contributed by atoms with Crippen LogP contribution < -0.4 is 10.1 Å². The maximum atomic E-state index is 12.2. The average molecular weight is 341 g/mol. The highest BCUT2D eigenvalue weighted by Gasteiger charge is 2.14. The van der Waals surface area contributed by atoms with Crippen molar-refractivity contribution in [3.63, 3.8) is 0 Å². The molecule has 2 rings (SSSR count). The molecule has 0 radical (unpaired) electrons. The van der Waals surface area contributed by atoms with Crippen LogP contribution in [0.1, 0.15) is 34.8 Å². The number of aryl methyl sites for hydroxylation is 1. The summed E-state index contributed by atoms with van der Waals surface area (Å²) < 4.78 is 10.1. The smallest absolute Gasteiger partial charge is 0.338 e. The van der Waals surface area contributed by atoms with E-state index in [9.17, 15) is 9.59 Å². The first-order chi connectivity index (χ1) is 12.0. The Balaban J connectivity index is 1.97. The second kappa shape index (κ2) is 8.87. The lowest BCUT2D eigenvalue weighted by Crippen LogP contribution is -2.15. The number of anilines is 1. The van der Waals surface area contributed by atoms with Crippen LogP contribution in [0.2, 0.25) is 0 Å². The van der Waals surface area contributed by atoms with Gasteiger partial charge >= 0.3 is 5.97 Å². The average Bonchev–Trinajstić information content (AvgIpc) is 2.62. The fourth-order valence-electron chi connectivity index (χ4n) is 2.46. The van der Waals surface area contributed by atoms with Crippen LogP contribution in [-0.2, 0) is 16.0 Å². The van der Waals surface area contributed by atoms with Crippen molar-refractivity contribution in [1.82, 2.24) is 0 Å². The van der Waals surface area contributed by atoms with Gasteiger partial charge in [0.25, 0.3) is 0 Å². The fourth-order valence-corrected chi connectivity index (χ4v) is 2.46. The fraction of sp³-hybridized carbons (Fsp3) is 0.300. The number of esters is 1. The van der Waals surface area contributed by atoms with Crippen LogP contribution in [0, 0.1) is 6.92 Å². The number of benzene rings is 2. The van der Waals surface area contributed by atoms with Gasteiger partial charge in [-0.15, -0.1) is 0 Å². The Morgan fingerprint density at radius 3 is 2.44 bits per heavy atom. The van der Waals surface area contributed by atoms with Gasteiger partial charge in [-0.1, -0.05) is 18.2 Å². The molecule has 1 amide bonds. The molecule has 0 bridgehead atoms. The maximum Gasteiger partial charge on any atom is 0.338 e. The summed E-state index contributed by atoms with van der Waals surface area (Å²) in [6.07, 6.45) is 0.988. The lowest BCUT2D eigenvalue weighted by molar-refractivity contribution is -0.116. The van der Waals surface area contributed by atoms with E-state index in [0.717, 1.165) is 11.3 Å². The Bertz CT molecular complexity index is 738. The molecule has 0 fully saturated rings. The van der Waals surface area contributed by atoms with E-state index in [1.165, 1.54) is 0 Å². The molecule has 5 nitrogen and oxygen atoms in total. The first kappa shape index (κ1) is 18.5. The first-order valence-corrected chi connectivity index (χ1v) is 8.24. The molecule has 132 valence electrons. The van der Waals surface area contributed by atoms with E-state index in [0.29, 0.717) is 36.3 Å². The summed E-state index contributed by atoms with van der Waals surface area (Å²) in [5, 5.41) is 2.87. The molecule has 0 aromatic heterocycles. The third-order valence-electron chi connectivity index (χ3n) is 3.90. The normalized spacial score (nSPS) is 10.2. The Labute approximate surface area is 148 Å². The van der Waals surface area contributed by atoms with Crippen LogP contribution in [0.3, 0.4) is 0 Å². The van der Waals surface area contributed by atoms with Crippen molar-refractivity contribution in [2.45, 2.75) is 26.7 Å². The van der Waals surface area contributed by atoms with E-state index in [-0.39, 0.29) is 11.9 Å². The topological polar surface area (TPSA) is 64.6 Å². The van der Waals surface area contributed by atoms with Crippen molar-refractivity contribution in [2.75, 3.05) is 19.0 Å². The van der Waals surface area contributed by atoms with Crippen molar-refractivity contribution in [1.29, 1.82) is 0 Å². The highest BCUT2D eigenvalue weighted by Crippen LogP contribution is 2.20. The SMILES string of the molecule is CCOC(=O)c1cccc(NC(=O)CCc2ccc(OC)cc2)c1C. The summed E-state index contributed by atoms with van der Waals surface area (Å²) in [6, 6.07) is 12.8. The van der Waals surface area contributed by atoms with E-state index in [1.54, 1.807) is 39.2 Å². The van der Waals surface area contributed by atoms with Gasteiger partial charge in [0.1, 0.15) is 5.75 Å². The molecule has 25 heavy (non-hydrogen) atoms. The lowest BCUT2D eigenvalue weighted by atomic mass is 10.1. The van der Waals surface area contributed by atoms with Crippen molar-refractivity contribution in [2.24, 2.45) is 0 Å². The zero-order valence-corrected chi connectivity index (χ0v) is 14.8. The minimum atomic E-state index is -0.380. The molecule has 0 aliphatic carbocycles. The highest BCUT2D eigenvalue weighted by atomic mass is 16.5. The van der Waals surface area contributed by atoms with E-state index >= 15 is 0 Å². The molecular weight excluding hydrogens is 318 g/mol. The third-order valence-corrected chi connectivity index (χ3v) is 3.90. The minimum absolute atomic E-state index is 0.0973. The molecule has 0 unspecified atom stereocenters. The lowest BCUT2D eigenvalue weighted by Gasteiger charge is -2.12. The van der Waals surface area contributed by atoms with Crippen molar-refractivity contribution in [3.05, 3.63) is 59.2 Å². The predicted molar refractivity (Wildman–Crippen MR) is 97.1 cm³/mol. The molecule has 0 aliphatic heterocycles. The molecule has 5 heteroatoms. The van der Waals surface area contributed by atoms with Gasteiger partial charge in [-0.2, -0.15) is 0 Å². The summed E-state index contributed by atoms with van der Waals surface area (Å²) in [6.45, 7) is 3.88. The van der Waals surface area contributed by atoms with E-state index in [2.05, 4.69) is 5.32 Å². The number of ether oxygens (including phenoxy) is 2. The van der Waals surface area contributed by atoms with Gasteiger partial charge in [0, 0.05) is 12.1 Å². The molecule has 0 saturated heterocycles. The monoisotopic (exact) mass is 341 g/mol. The largest absolute Gasteiger partial charge is 0.497 e. The molecule has 0 aliphatic rings. The van der Waals surface area contributed by atoms with Crippen molar-refractivity contribution >= 4 is 17.6 Å². The molecule has 0 spiro atoms. The molecule has 2 aromatic rings. The summed E-state index contributed by atoms with van der Waals surface area (Å²) in [5.41, 5.74) is 2.87. The van der Waals surface area contributed by atoms with E-state index in [1.807, 2.05) is 24.3 Å². The first-order valence-electron chi connectivity index (χ1n) is 8.24. The zero-order valence-electron chi connectivity index (χ0n) is 14.8. The minimum Gasteiger partial charge on any atom is -0.497 e. The summed E-state index contributed by atoms with van der Waals surface area (Å²) in [5.74, 6) is 0.314. The molecule has 0 heterocycles. The van der Waals surface area contributed by atoms with Gasteiger partial charge in [0.2, 0.25) is 5.91 Å². The molecule has 0 atom stereocenters. The maximum absolute atomic E-state index is 12.2. The van der Waals surface area contributed by atoms with Gasteiger partial charge in [-0.25, -0.2) is 4.79 Å². The van der Waals surface area contributed by atoms with Crippen molar-refractivity contribution < 1.29 is 19.1 Å². The van der Waals surface area contributed by atoms with Gasteiger partial charge in [-0.3, -0.25) is 4.79 Å². The number of nitrogens with one attached hydrogen (secondary N) is 1. The van der Waals surface area contributed by atoms with Crippen LogP contribution in [0.5, 0.6) is 5.75 Å². The number of amides is 1. The molecular formula is C20H23NO4. The second-order valence-corrected chi connectivity index (χ2v) is 5.59. The molecule has 2 aromatic carbocycles. The zero-order chi connectivity index (χ0) is 18.2. The number of hydrogen-bond acceptors (Lipinski definition) is 4. The summed E-state index contributed by atoms with van der Waals surface area (Å²) >= 11 is 0. The van der Waals surface area contributed by atoms with Gasteiger partial charge in [0.05, 0.1) is 19.3 Å². The highest BCUT2D eigenvalue weighted by molar-refractivity contribution is 5.96. The number of rotatable bonds is 7. The number of carbonyl (C=O) groups is 2. The van der Waals surface area contributed by atoms with Crippen LogP contribution in [0.4, 0.5) is 5.69 Å². The number of hydrogen-bond donors (Lipinski definition) is 1. The van der Waals surface area contributed by atoms with E-state index in [4.69, 9.17) is 9.47 Å². The van der Waals surface area contributed by atoms with Gasteiger partial charge in [0.15, 0.2) is 0 Å². The summed E-state index contributed by atoms with van der Waals surface area (Å²) in [4.78, 5) is 24.1. The number of carbonyl (C=O) groups excluding carboxylic acids is 2. The van der Waals surface area contributed by atoms with Crippen LogP contribution in [0.25, 0.3) is 0 Å². The summed E-state index contributed by atoms with van der Waals surface area (Å²) in [7, 11) is 1.62.